The summed E-state index contributed by atoms with van der Waals surface area (Å²) < 4.78 is 2.82. The van der Waals surface area contributed by atoms with Gasteiger partial charge in [-0.05, 0) is 25.5 Å². The highest BCUT2D eigenvalue weighted by Gasteiger charge is 2.42. The molecule has 0 aromatic heterocycles. The maximum absolute atomic E-state index is 12.3. The van der Waals surface area contributed by atoms with Crippen LogP contribution in [0, 0.1) is 20.2 Å². The third-order valence-corrected chi connectivity index (χ3v) is 4.94. The van der Waals surface area contributed by atoms with Crippen LogP contribution in [-0.2, 0) is 9.53 Å². The number of esters is 1. The number of nitrogens with zero attached hydrogens (tertiary/aromatic N) is 3. The number of hydrogen-bond donors (Lipinski definition) is 0. The van der Waals surface area contributed by atoms with Gasteiger partial charge in [-0.25, -0.2) is 4.79 Å². The second-order valence-electron chi connectivity index (χ2n) is 6.25. The van der Waals surface area contributed by atoms with Gasteiger partial charge >= 0.3 is 11.7 Å². The summed E-state index contributed by atoms with van der Waals surface area (Å²) in [4.78, 5) is 36.4. The molecular weight excluding hydrogens is 473 g/mol. The molecule has 0 aliphatic heterocycles. The van der Waals surface area contributed by atoms with Crippen molar-refractivity contribution in [1.82, 2.24) is 0 Å². The van der Waals surface area contributed by atoms with Crippen LogP contribution in [-0.4, -0.2) is 32.7 Å². The molecule has 0 bridgehead atoms. The Bertz CT molecular complexity index is 978. The maximum Gasteiger partial charge on any atom is 0.359 e. The van der Waals surface area contributed by atoms with Gasteiger partial charge in [0.2, 0.25) is 0 Å². The third kappa shape index (κ3) is 5.55. The van der Waals surface area contributed by atoms with Gasteiger partial charge in [-0.1, -0.05) is 65.1 Å². The first-order chi connectivity index (χ1) is 14.5. The van der Waals surface area contributed by atoms with Crippen LogP contribution in [0.15, 0.2) is 42.5 Å². The lowest BCUT2D eigenvalue weighted by molar-refractivity contribution is -0.395. The van der Waals surface area contributed by atoms with Gasteiger partial charge in [-0.15, -0.1) is 0 Å². The van der Waals surface area contributed by atoms with Crippen molar-refractivity contribution in [2.24, 2.45) is 0 Å². The highest BCUT2D eigenvalue weighted by atomic mass is 35.6. The molecule has 0 aliphatic rings. The second-order valence-corrected chi connectivity index (χ2v) is 8.53. The maximum atomic E-state index is 12.3. The van der Waals surface area contributed by atoms with Crippen molar-refractivity contribution in [3.05, 3.63) is 73.8 Å². The van der Waals surface area contributed by atoms with E-state index in [9.17, 15) is 25.0 Å². The number of nitro groups is 2. The van der Waals surface area contributed by atoms with E-state index >= 15 is 0 Å². The monoisotopic (exact) mass is 489 g/mol. The van der Waals surface area contributed by atoms with E-state index in [1.165, 1.54) is 18.2 Å². The number of nitro benzene ring substituents is 2. The molecule has 1 unspecified atom stereocenters. The molecule has 0 heterocycles. The van der Waals surface area contributed by atoms with Gasteiger partial charge in [-0.3, -0.25) is 20.2 Å². The number of carbonyl (C=O) groups is 1. The van der Waals surface area contributed by atoms with Crippen LogP contribution >= 0.6 is 34.8 Å². The molecule has 2 aromatic rings. The van der Waals surface area contributed by atoms with Gasteiger partial charge in [0.05, 0.1) is 9.85 Å². The van der Waals surface area contributed by atoms with Crippen molar-refractivity contribution < 1.29 is 19.4 Å². The summed E-state index contributed by atoms with van der Waals surface area (Å²) in [7, 11) is 0. The van der Waals surface area contributed by atoms with Crippen molar-refractivity contribution in [3.63, 3.8) is 0 Å². The number of ether oxygens (including phenoxy) is 1. The normalized spacial score (nSPS) is 12.2. The molecule has 0 aliphatic carbocycles. The second kappa shape index (κ2) is 10.1. The van der Waals surface area contributed by atoms with Gasteiger partial charge in [0.15, 0.2) is 11.7 Å². The van der Waals surface area contributed by atoms with Crippen LogP contribution in [0.2, 0.25) is 0 Å². The molecule has 0 saturated carbocycles. The van der Waals surface area contributed by atoms with E-state index in [1.807, 2.05) is 0 Å². The highest BCUT2D eigenvalue weighted by Crippen LogP contribution is 2.45. The largest absolute Gasteiger partial charge is 0.449 e. The van der Waals surface area contributed by atoms with Gasteiger partial charge < -0.3 is 9.64 Å². The van der Waals surface area contributed by atoms with E-state index in [-0.39, 0.29) is 11.3 Å². The molecular formula is C19H18Cl3N3O6. The number of anilines is 1. The summed E-state index contributed by atoms with van der Waals surface area (Å²) in [5.41, 5.74) is -1.22. The number of rotatable bonds is 8. The average Bonchev–Trinajstić information content (AvgIpc) is 2.71. The van der Waals surface area contributed by atoms with Gasteiger partial charge in [0.25, 0.3) is 9.48 Å². The lowest BCUT2D eigenvalue weighted by Gasteiger charge is -2.25. The fourth-order valence-electron chi connectivity index (χ4n) is 3.11. The van der Waals surface area contributed by atoms with Crippen LogP contribution in [0.3, 0.4) is 0 Å². The minimum Gasteiger partial charge on any atom is -0.449 e. The molecule has 166 valence electrons. The van der Waals surface area contributed by atoms with Gasteiger partial charge in [0.1, 0.15) is 5.69 Å². The Morgan fingerprint density at radius 2 is 1.61 bits per heavy atom. The topological polar surface area (TPSA) is 116 Å². The van der Waals surface area contributed by atoms with Gasteiger partial charge in [-0.2, -0.15) is 0 Å². The van der Waals surface area contributed by atoms with Crippen LogP contribution in [0.4, 0.5) is 17.1 Å². The molecule has 2 rings (SSSR count). The first-order valence-corrected chi connectivity index (χ1v) is 10.2. The first-order valence-electron chi connectivity index (χ1n) is 9.06. The average molecular weight is 491 g/mol. The van der Waals surface area contributed by atoms with E-state index < -0.39 is 42.7 Å². The molecule has 1 atom stereocenters. The summed E-state index contributed by atoms with van der Waals surface area (Å²) in [5.74, 6) is -1.33. The van der Waals surface area contributed by atoms with E-state index in [2.05, 4.69) is 0 Å². The van der Waals surface area contributed by atoms with Crippen LogP contribution < -0.4 is 4.90 Å². The Balaban J connectivity index is 2.90. The summed E-state index contributed by atoms with van der Waals surface area (Å²) >= 11 is 16.8. The highest BCUT2D eigenvalue weighted by molar-refractivity contribution is 6.75. The van der Waals surface area contributed by atoms with Gasteiger partial charge in [0, 0.05) is 19.2 Å². The van der Waals surface area contributed by atoms with E-state index in [0.29, 0.717) is 13.1 Å². The van der Waals surface area contributed by atoms with Crippen molar-refractivity contribution in [3.8, 4) is 0 Å². The Kier molecular flexibility index (Phi) is 8.05. The molecule has 9 nitrogen and oxygen atoms in total. The minimum absolute atomic E-state index is 0.140. The van der Waals surface area contributed by atoms with Crippen molar-refractivity contribution >= 4 is 57.8 Å². The van der Waals surface area contributed by atoms with E-state index in [1.54, 1.807) is 36.9 Å². The zero-order valence-electron chi connectivity index (χ0n) is 16.5. The fraction of sp³-hybridized carbons (Fsp3) is 0.316. The molecule has 31 heavy (non-hydrogen) atoms. The predicted molar refractivity (Wildman–Crippen MR) is 118 cm³/mol. The SMILES string of the molecule is CCN(CC)c1ccc([N+](=O)[O-])c(C(OC(=O)C(Cl)(Cl)Cl)c2ccccc2)c1[N+](=O)[O-]. The predicted octanol–water partition coefficient (Wildman–Crippen LogP) is 5.35. The summed E-state index contributed by atoms with van der Waals surface area (Å²) in [6.45, 7) is 4.37. The van der Waals surface area contributed by atoms with Crippen LogP contribution in [0.1, 0.15) is 31.1 Å². The molecule has 0 N–H and O–H groups in total. The quantitative estimate of drug-likeness (QED) is 0.212. The van der Waals surface area contributed by atoms with E-state index in [0.717, 1.165) is 6.07 Å². The summed E-state index contributed by atoms with van der Waals surface area (Å²) in [5, 5.41) is 23.9. The third-order valence-electron chi connectivity index (χ3n) is 4.48. The first kappa shape index (κ1) is 24.6. The molecule has 0 fully saturated rings. The Morgan fingerprint density at radius 1 is 1.03 bits per heavy atom. The van der Waals surface area contributed by atoms with Crippen LogP contribution in [0.25, 0.3) is 0 Å². The zero-order chi connectivity index (χ0) is 23.3. The van der Waals surface area contributed by atoms with Crippen molar-refractivity contribution in [2.75, 3.05) is 18.0 Å². The molecule has 0 saturated heterocycles. The number of alkyl halides is 3. The zero-order valence-corrected chi connectivity index (χ0v) is 18.7. The number of halogens is 3. The number of hydrogen-bond acceptors (Lipinski definition) is 7. The number of benzene rings is 2. The standard InChI is InChI=1S/C19H18Cl3N3O6/c1-3-23(4-2)14-11-10-13(24(27)28)15(16(14)25(29)30)17(12-8-6-5-7-9-12)31-18(26)19(20,21)22/h5-11,17H,3-4H2,1-2H3. The number of carbonyl (C=O) groups excluding carboxylic acids is 1. The lowest BCUT2D eigenvalue weighted by Crippen LogP contribution is -2.27. The van der Waals surface area contributed by atoms with E-state index in [4.69, 9.17) is 39.5 Å². The van der Waals surface area contributed by atoms with Crippen molar-refractivity contribution in [2.45, 2.75) is 23.7 Å². The fourth-order valence-corrected chi connectivity index (χ4v) is 3.24. The summed E-state index contributed by atoms with van der Waals surface area (Å²) in [6.07, 6.45) is -1.57. The van der Waals surface area contributed by atoms with Crippen LogP contribution in [0.5, 0.6) is 0 Å². The molecule has 0 amide bonds. The Hall–Kier alpha value is -2.62. The Morgan fingerprint density at radius 3 is 2.06 bits per heavy atom. The van der Waals surface area contributed by atoms with Crippen molar-refractivity contribution in [1.29, 1.82) is 0 Å². The minimum atomic E-state index is -2.49. The smallest absolute Gasteiger partial charge is 0.359 e. The Labute approximate surface area is 192 Å². The molecule has 12 heteroatoms. The molecule has 2 aromatic carbocycles. The molecule has 0 spiro atoms. The molecule has 0 radical (unpaired) electrons. The summed E-state index contributed by atoms with van der Waals surface area (Å²) in [6, 6.07) is 10.2. The lowest BCUT2D eigenvalue weighted by atomic mass is 9.96.